The molecule has 3 aromatic carbocycles. The van der Waals surface area contributed by atoms with Crippen LogP contribution in [0.3, 0.4) is 0 Å². The third-order valence-electron chi connectivity index (χ3n) is 5.61. The summed E-state index contributed by atoms with van der Waals surface area (Å²) in [4.78, 5) is 1.18. The summed E-state index contributed by atoms with van der Waals surface area (Å²) in [5, 5.41) is 23.9. The highest BCUT2D eigenvalue weighted by atomic mass is 32.1. The Labute approximate surface area is 208 Å². The van der Waals surface area contributed by atoms with E-state index in [9.17, 15) is 10.2 Å². The standard InChI is InChI=1S/C22H18O2S.C5H11N.C3H8/c1-14-2-4-15(5-3-14)12-20-19-11-10-18(24)13-21(19)25-22(20)16-6-8-17(23)9-7-16;1-2-4-6-5-3-1;1-3-2/h2-11,13,23-24H,12H2,1H3;6H,1-5H2;3H2,1-2H3. The van der Waals surface area contributed by atoms with Crippen LogP contribution in [-0.2, 0) is 6.42 Å². The lowest BCUT2D eigenvalue weighted by atomic mass is 9.98. The lowest BCUT2D eigenvalue weighted by molar-refractivity contribution is 0.475. The van der Waals surface area contributed by atoms with Gasteiger partial charge in [0.05, 0.1) is 0 Å². The molecule has 0 spiro atoms. The molecule has 1 fully saturated rings. The van der Waals surface area contributed by atoms with Crippen LogP contribution in [0.15, 0.2) is 66.7 Å². The Morgan fingerprint density at radius 2 is 1.41 bits per heavy atom. The molecule has 0 atom stereocenters. The molecule has 2 heterocycles. The van der Waals surface area contributed by atoms with Gasteiger partial charge in [-0.3, -0.25) is 0 Å². The van der Waals surface area contributed by atoms with Crippen LogP contribution in [-0.4, -0.2) is 23.3 Å². The molecule has 1 aliphatic rings. The van der Waals surface area contributed by atoms with Crippen molar-refractivity contribution in [2.24, 2.45) is 0 Å². The van der Waals surface area contributed by atoms with Gasteiger partial charge in [0.25, 0.3) is 0 Å². The Balaban J connectivity index is 0.000000305. The van der Waals surface area contributed by atoms with Crippen molar-refractivity contribution >= 4 is 21.4 Å². The highest BCUT2D eigenvalue weighted by Gasteiger charge is 2.15. The van der Waals surface area contributed by atoms with Gasteiger partial charge in [-0.15, -0.1) is 11.3 Å². The van der Waals surface area contributed by atoms with Gasteiger partial charge in [-0.2, -0.15) is 0 Å². The number of fused-ring (bicyclic) bond motifs is 1. The second-order valence-electron chi connectivity index (χ2n) is 8.82. The molecular formula is C30H37NO2S. The van der Waals surface area contributed by atoms with Crippen molar-refractivity contribution in [2.75, 3.05) is 13.1 Å². The number of hydrogen-bond acceptors (Lipinski definition) is 4. The Hall–Kier alpha value is -2.82. The van der Waals surface area contributed by atoms with Crippen LogP contribution in [0, 0.1) is 6.92 Å². The maximum absolute atomic E-state index is 9.83. The van der Waals surface area contributed by atoms with Gasteiger partial charge in [0, 0.05) is 9.58 Å². The van der Waals surface area contributed by atoms with E-state index in [2.05, 4.69) is 50.4 Å². The Morgan fingerprint density at radius 3 is 1.97 bits per heavy atom. The fourth-order valence-corrected chi connectivity index (χ4v) is 5.13. The molecule has 4 heteroatoms. The molecule has 5 rings (SSSR count). The quantitative estimate of drug-likeness (QED) is 0.281. The van der Waals surface area contributed by atoms with E-state index in [1.165, 1.54) is 65.7 Å². The van der Waals surface area contributed by atoms with Gasteiger partial charge in [0.1, 0.15) is 11.5 Å². The smallest absolute Gasteiger partial charge is 0.117 e. The third-order valence-corrected chi connectivity index (χ3v) is 6.86. The van der Waals surface area contributed by atoms with Crippen molar-refractivity contribution in [1.29, 1.82) is 0 Å². The van der Waals surface area contributed by atoms with Gasteiger partial charge in [0.15, 0.2) is 0 Å². The summed E-state index contributed by atoms with van der Waals surface area (Å²) in [6.07, 6.45) is 6.30. The number of nitrogens with one attached hydrogen (secondary N) is 1. The molecule has 4 aromatic rings. The minimum Gasteiger partial charge on any atom is -0.508 e. The highest BCUT2D eigenvalue weighted by Crippen LogP contribution is 2.41. The fraction of sp³-hybridized carbons (Fsp3) is 0.333. The number of hydrogen-bond donors (Lipinski definition) is 3. The molecule has 3 nitrogen and oxygen atoms in total. The molecule has 0 saturated carbocycles. The summed E-state index contributed by atoms with van der Waals surface area (Å²) in [7, 11) is 0. The van der Waals surface area contributed by atoms with E-state index in [-0.39, 0.29) is 11.5 Å². The number of thiophene rings is 1. The molecule has 0 aliphatic carbocycles. The normalized spacial score (nSPS) is 12.9. The van der Waals surface area contributed by atoms with Gasteiger partial charge in [-0.1, -0.05) is 56.5 Å². The zero-order valence-electron chi connectivity index (χ0n) is 20.6. The van der Waals surface area contributed by atoms with E-state index < -0.39 is 0 Å². The zero-order valence-corrected chi connectivity index (χ0v) is 21.4. The number of phenols is 2. The van der Waals surface area contributed by atoms with Crippen LogP contribution in [0.25, 0.3) is 20.5 Å². The molecule has 0 amide bonds. The topological polar surface area (TPSA) is 52.5 Å². The van der Waals surface area contributed by atoms with Crippen molar-refractivity contribution in [1.82, 2.24) is 5.32 Å². The van der Waals surface area contributed by atoms with Gasteiger partial charge >= 0.3 is 0 Å². The van der Waals surface area contributed by atoms with Crippen LogP contribution in [0.5, 0.6) is 11.5 Å². The third kappa shape index (κ3) is 7.34. The number of aryl methyl sites for hydroxylation is 1. The van der Waals surface area contributed by atoms with Crippen molar-refractivity contribution in [3.8, 4) is 21.9 Å². The summed E-state index contributed by atoms with van der Waals surface area (Å²) in [6.45, 7) is 8.84. The highest BCUT2D eigenvalue weighted by molar-refractivity contribution is 7.22. The summed E-state index contributed by atoms with van der Waals surface area (Å²) >= 11 is 1.68. The molecule has 1 saturated heterocycles. The fourth-order valence-electron chi connectivity index (χ4n) is 3.87. The van der Waals surface area contributed by atoms with Crippen molar-refractivity contribution in [2.45, 2.75) is 52.9 Å². The largest absolute Gasteiger partial charge is 0.508 e. The SMILES string of the molecule is C1CCNCC1.CCC.Cc1ccc(Cc2c(-c3ccc(O)cc3)sc3cc(O)ccc23)cc1. The summed E-state index contributed by atoms with van der Waals surface area (Å²) < 4.78 is 1.07. The van der Waals surface area contributed by atoms with Crippen molar-refractivity contribution in [3.05, 3.63) is 83.4 Å². The summed E-state index contributed by atoms with van der Waals surface area (Å²) in [6, 6.07) is 21.5. The molecule has 0 radical (unpaired) electrons. The lowest BCUT2D eigenvalue weighted by Gasteiger charge is -2.08. The summed E-state index contributed by atoms with van der Waals surface area (Å²) in [5.74, 6) is 0.551. The average molecular weight is 476 g/mol. The van der Waals surface area contributed by atoms with E-state index in [0.717, 1.165) is 16.7 Å². The minimum atomic E-state index is 0.266. The molecular weight excluding hydrogens is 438 g/mol. The van der Waals surface area contributed by atoms with Crippen molar-refractivity contribution in [3.63, 3.8) is 0 Å². The van der Waals surface area contributed by atoms with Crippen molar-refractivity contribution < 1.29 is 10.2 Å². The Kier molecular flexibility index (Phi) is 9.99. The molecule has 1 aromatic heterocycles. The molecule has 0 bridgehead atoms. The number of rotatable bonds is 3. The Morgan fingerprint density at radius 1 is 0.794 bits per heavy atom. The number of piperidine rings is 1. The predicted octanol–water partition coefficient (Wildman–Crippen LogP) is 8.05. The zero-order chi connectivity index (χ0) is 24.3. The first kappa shape index (κ1) is 25.8. The monoisotopic (exact) mass is 475 g/mol. The first-order chi connectivity index (χ1) is 16.5. The molecule has 3 N–H and O–H groups in total. The van der Waals surface area contributed by atoms with Crippen LogP contribution >= 0.6 is 11.3 Å². The van der Waals surface area contributed by atoms with E-state index in [1.54, 1.807) is 29.5 Å². The number of aromatic hydroxyl groups is 2. The molecule has 180 valence electrons. The van der Waals surface area contributed by atoms with Gasteiger partial charge in [-0.25, -0.2) is 0 Å². The van der Waals surface area contributed by atoms with E-state index in [0.29, 0.717) is 0 Å². The van der Waals surface area contributed by atoms with Gasteiger partial charge < -0.3 is 15.5 Å². The number of benzene rings is 3. The second kappa shape index (κ2) is 13.2. The van der Waals surface area contributed by atoms with Crippen LogP contribution in [0.4, 0.5) is 0 Å². The molecule has 34 heavy (non-hydrogen) atoms. The van der Waals surface area contributed by atoms with E-state index in [1.807, 2.05) is 24.3 Å². The molecule has 0 unspecified atom stereocenters. The predicted molar refractivity (Wildman–Crippen MR) is 147 cm³/mol. The van der Waals surface area contributed by atoms with E-state index >= 15 is 0 Å². The van der Waals surface area contributed by atoms with Gasteiger partial charge in [-0.05, 0) is 104 Å². The van der Waals surface area contributed by atoms with E-state index in [4.69, 9.17) is 0 Å². The first-order valence-corrected chi connectivity index (χ1v) is 13.1. The van der Waals surface area contributed by atoms with Gasteiger partial charge in [0.2, 0.25) is 0 Å². The average Bonchev–Trinajstić information content (AvgIpc) is 3.20. The second-order valence-corrected chi connectivity index (χ2v) is 9.87. The van der Waals surface area contributed by atoms with Crippen LogP contribution < -0.4 is 5.32 Å². The first-order valence-electron chi connectivity index (χ1n) is 12.3. The Bertz CT molecular complexity index is 1130. The molecule has 1 aliphatic heterocycles. The lowest BCUT2D eigenvalue weighted by Crippen LogP contribution is -2.21. The number of phenolic OH excluding ortho intramolecular Hbond substituents is 2. The maximum Gasteiger partial charge on any atom is 0.117 e. The maximum atomic E-state index is 9.83. The van der Waals surface area contributed by atoms with Crippen LogP contribution in [0.1, 0.15) is 56.2 Å². The van der Waals surface area contributed by atoms with Crippen LogP contribution in [0.2, 0.25) is 0 Å². The minimum absolute atomic E-state index is 0.266. The summed E-state index contributed by atoms with van der Waals surface area (Å²) in [5.41, 5.74) is 4.86.